The summed E-state index contributed by atoms with van der Waals surface area (Å²) >= 11 is 0. The second kappa shape index (κ2) is 6.73. The van der Waals surface area contributed by atoms with Gasteiger partial charge in [0, 0.05) is 13.6 Å². The third-order valence-electron chi connectivity index (χ3n) is 4.10. The molecular formula is C16H23FN2O. The fourth-order valence-corrected chi connectivity index (χ4v) is 3.04. The van der Waals surface area contributed by atoms with Crippen molar-refractivity contribution in [3.8, 4) is 0 Å². The normalized spacial score (nSPS) is 22.4. The van der Waals surface area contributed by atoms with Gasteiger partial charge in [0.15, 0.2) is 0 Å². The quantitative estimate of drug-likeness (QED) is 0.886. The van der Waals surface area contributed by atoms with Crippen LogP contribution in [-0.4, -0.2) is 19.5 Å². The van der Waals surface area contributed by atoms with Crippen molar-refractivity contribution in [2.24, 2.45) is 11.8 Å². The SMILES string of the molecule is CNc1c(F)cccc1C(=O)NCC1CCCC(C)C1. The molecule has 0 saturated heterocycles. The maximum Gasteiger partial charge on any atom is 0.253 e. The van der Waals surface area contributed by atoms with E-state index < -0.39 is 5.82 Å². The summed E-state index contributed by atoms with van der Waals surface area (Å²) in [6, 6.07) is 4.56. The Morgan fingerprint density at radius 2 is 2.20 bits per heavy atom. The zero-order valence-electron chi connectivity index (χ0n) is 12.2. The van der Waals surface area contributed by atoms with Crippen LogP contribution in [0.25, 0.3) is 0 Å². The first-order valence-electron chi connectivity index (χ1n) is 7.36. The van der Waals surface area contributed by atoms with Gasteiger partial charge in [0.2, 0.25) is 0 Å². The molecule has 0 bridgehead atoms. The fourth-order valence-electron chi connectivity index (χ4n) is 3.04. The summed E-state index contributed by atoms with van der Waals surface area (Å²) in [6.07, 6.45) is 4.87. The molecule has 20 heavy (non-hydrogen) atoms. The average molecular weight is 278 g/mol. The number of nitrogens with one attached hydrogen (secondary N) is 2. The number of amides is 1. The van der Waals surface area contributed by atoms with Crippen molar-refractivity contribution >= 4 is 11.6 Å². The average Bonchev–Trinajstić information content (AvgIpc) is 2.44. The maximum atomic E-state index is 13.6. The molecule has 0 radical (unpaired) electrons. The lowest BCUT2D eigenvalue weighted by atomic mass is 9.82. The van der Waals surface area contributed by atoms with Crippen molar-refractivity contribution in [1.29, 1.82) is 0 Å². The number of halogens is 1. The zero-order valence-corrected chi connectivity index (χ0v) is 12.2. The van der Waals surface area contributed by atoms with E-state index in [1.165, 1.54) is 31.7 Å². The Bertz CT molecular complexity index is 476. The highest BCUT2D eigenvalue weighted by Gasteiger charge is 2.20. The van der Waals surface area contributed by atoms with Crippen molar-refractivity contribution in [3.05, 3.63) is 29.6 Å². The van der Waals surface area contributed by atoms with E-state index >= 15 is 0 Å². The number of carbonyl (C=O) groups excluding carboxylic acids is 1. The molecule has 2 atom stereocenters. The van der Waals surface area contributed by atoms with E-state index in [9.17, 15) is 9.18 Å². The molecule has 0 aromatic heterocycles. The molecular weight excluding hydrogens is 255 g/mol. The highest BCUT2D eigenvalue weighted by molar-refractivity contribution is 5.99. The van der Waals surface area contributed by atoms with Gasteiger partial charge >= 0.3 is 0 Å². The van der Waals surface area contributed by atoms with Crippen molar-refractivity contribution in [1.82, 2.24) is 5.32 Å². The van der Waals surface area contributed by atoms with Gasteiger partial charge in [-0.3, -0.25) is 4.79 Å². The number of hydrogen-bond donors (Lipinski definition) is 2. The van der Waals surface area contributed by atoms with Crippen molar-refractivity contribution < 1.29 is 9.18 Å². The molecule has 110 valence electrons. The van der Waals surface area contributed by atoms with Crippen LogP contribution in [0.3, 0.4) is 0 Å². The number of anilines is 1. The molecule has 1 amide bonds. The number of para-hydroxylation sites is 1. The van der Waals surface area contributed by atoms with Crippen LogP contribution in [0.15, 0.2) is 18.2 Å². The predicted molar refractivity (Wildman–Crippen MR) is 79.4 cm³/mol. The van der Waals surface area contributed by atoms with E-state index in [1.807, 2.05) is 0 Å². The number of carbonyl (C=O) groups is 1. The lowest BCUT2D eigenvalue weighted by molar-refractivity contribution is 0.0941. The van der Waals surface area contributed by atoms with E-state index in [0.29, 0.717) is 18.0 Å². The Morgan fingerprint density at radius 3 is 2.90 bits per heavy atom. The third-order valence-corrected chi connectivity index (χ3v) is 4.10. The summed E-state index contributed by atoms with van der Waals surface area (Å²) in [5, 5.41) is 5.70. The Balaban J connectivity index is 1.96. The molecule has 0 heterocycles. The summed E-state index contributed by atoms with van der Waals surface area (Å²) in [4.78, 5) is 12.2. The summed E-state index contributed by atoms with van der Waals surface area (Å²) in [5.41, 5.74) is 0.637. The minimum atomic E-state index is -0.397. The van der Waals surface area contributed by atoms with Gasteiger partial charge in [0.1, 0.15) is 5.82 Å². The summed E-state index contributed by atoms with van der Waals surface area (Å²) < 4.78 is 13.6. The summed E-state index contributed by atoms with van der Waals surface area (Å²) in [7, 11) is 1.62. The van der Waals surface area contributed by atoms with Crippen molar-refractivity contribution in [3.63, 3.8) is 0 Å². The summed E-state index contributed by atoms with van der Waals surface area (Å²) in [5.74, 6) is 0.695. The van der Waals surface area contributed by atoms with Gasteiger partial charge in [-0.05, 0) is 36.8 Å². The van der Waals surface area contributed by atoms with E-state index in [-0.39, 0.29) is 11.6 Å². The van der Waals surface area contributed by atoms with Gasteiger partial charge in [-0.2, -0.15) is 0 Å². The molecule has 3 nitrogen and oxygen atoms in total. The van der Waals surface area contributed by atoms with Crippen LogP contribution in [0.4, 0.5) is 10.1 Å². The molecule has 1 aromatic carbocycles. The molecule has 2 rings (SSSR count). The second-order valence-electron chi connectivity index (χ2n) is 5.76. The van der Waals surface area contributed by atoms with E-state index in [0.717, 1.165) is 5.92 Å². The molecule has 1 fully saturated rings. The second-order valence-corrected chi connectivity index (χ2v) is 5.76. The van der Waals surface area contributed by atoms with Crippen LogP contribution in [0.2, 0.25) is 0 Å². The van der Waals surface area contributed by atoms with Gasteiger partial charge in [-0.15, -0.1) is 0 Å². The first kappa shape index (κ1) is 14.8. The van der Waals surface area contributed by atoms with Gasteiger partial charge < -0.3 is 10.6 Å². The minimum absolute atomic E-state index is 0.202. The summed E-state index contributed by atoms with van der Waals surface area (Å²) in [6.45, 7) is 2.95. The van der Waals surface area contributed by atoms with Gasteiger partial charge in [0.05, 0.1) is 11.3 Å². The Hall–Kier alpha value is -1.58. The van der Waals surface area contributed by atoms with E-state index in [2.05, 4.69) is 17.6 Å². The van der Waals surface area contributed by atoms with Crippen LogP contribution >= 0.6 is 0 Å². The molecule has 0 aliphatic heterocycles. The van der Waals surface area contributed by atoms with Crippen LogP contribution in [0.1, 0.15) is 43.0 Å². The van der Waals surface area contributed by atoms with Gasteiger partial charge in [-0.25, -0.2) is 4.39 Å². The number of benzene rings is 1. The van der Waals surface area contributed by atoms with Gasteiger partial charge in [0.25, 0.3) is 5.91 Å². The van der Waals surface area contributed by atoms with Crippen LogP contribution in [-0.2, 0) is 0 Å². The number of hydrogen-bond acceptors (Lipinski definition) is 2. The van der Waals surface area contributed by atoms with Crippen LogP contribution in [0.5, 0.6) is 0 Å². The molecule has 2 N–H and O–H groups in total. The molecule has 4 heteroatoms. The molecule has 2 unspecified atom stereocenters. The molecule has 1 aliphatic carbocycles. The van der Waals surface area contributed by atoms with Crippen LogP contribution in [0, 0.1) is 17.7 Å². The van der Waals surface area contributed by atoms with E-state index in [4.69, 9.17) is 0 Å². The molecule has 1 saturated carbocycles. The Kier molecular flexibility index (Phi) is 4.99. The maximum absolute atomic E-state index is 13.6. The fraction of sp³-hybridized carbons (Fsp3) is 0.562. The lowest BCUT2D eigenvalue weighted by Gasteiger charge is -2.26. The van der Waals surface area contributed by atoms with Crippen molar-refractivity contribution in [2.75, 3.05) is 18.9 Å². The minimum Gasteiger partial charge on any atom is -0.385 e. The molecule has 1 aliphatic rings. The standard InChI is InChI=1S/C16H23FN2O/c1-11-5-3-6-12(9-11)10-19-16(20)13-7-4-8-14(17)15(13)18-2/h4,7-8,11-12,18H,3,5-6,9-10H2,1-2H3,(H,19,20). The molecule has 1 aromatic rings. The largest absolute Gasteiger partial charge is 0.385 e. The van der Waals surface area contributed by atoms with Crippen molar-refractivity contribution in [2.45, 2.75) is 32.6 Å². The predicted octanol–water partition coefficient (Wildman–Crippen LogP) is 3.42. The van der Waals surface area contributed by atoms with Gasteiger partial charge in [-0.1, -0.05) is 25.8 Å². The first-order chi connectivity index (χ1) is 9.61. The Labute approximate surface area is 120 Å². The van der Waals surface area contributed by atoms with E-state index in [1.54, 1.807) is 19.2 Å². The lowest BCUT2D eigenvalue weighted by Crippen LogP contribution is -2.32. The highest BCUT2D eigenvalue weighted by atomic mass is 19.1. The first-order valence-corrected chi connectivity index (χ1v) is 7.36. The number of rotatable bonds is 4. The molecule has 0 spiro atoms. The Morgan fingerprint density at radius 1 is 1.40 bits per heavy atom. The topological polar surface area (TPSA) is 41.1 Å². The van der Waals surface area contributed by atoms with Crippen LogP contribution < -0.4 is 10.6 Å². The highest BCUT2D eigenvalue weighted by Crippen LogP contribution is 2.28. The monoisotopic (exact) mass is 278 g/mol. The zero-order chi connectivity index (χ0) is 14.5. The smallest absolute Gasteiger partial charge is 0.253 e. The third kappa shape index (κ3) is 3.50.